The second kappa shape index (κ2) is 13.7. The van der Waals surface area contributed by atoms with Crippen molar-refractivity contribution >= 4 is 21.6 Å². The van der Waals surface area contributed by atoms with E-state index < -0.39 is 33.0 Å². The van der Waals surface area contributed by atoms with E-state index in [9.17, 15) is 28.4 Å². The summed E-state index contributed by atoms with van der Waals surface area (Å²) in [6, 6.07) is 18.7. The lowest BCUT2D eigenvalue weighted by atomic mass is 9.98. The minimum Gasteiger partial charge on any atom is -0.497 e. The molecule has 0 spiro atoms. The van der Waals surface area contributed by atoms with Crippen LogP contribution in [0.25, 0.3) is 0 Å². The summed E-state index contributed by atoms with van der Waals surface area (Å²) in [5.41, 5.74) is 1.00. The average Bonchev–Trinajstić information content (AvgIpc) is 2.95. The number of hydrogen-bond acceptors (Lipinski definition) is 7. The van der Waals surface area contributed by atoms with Crippen LogP contribution in [0.2, 0.25) is 0 Å². The van der Waals surface area contributed by atoms with E-state index in [1.807, 2.05) is 44.2 Å². The third kappa shape index (κ3) is 7.69. The van der Waals surface area contributed by atoms with Gasteiger partial charge in [0.1, 0.15) is 5.75 Å². The number of amides is 1. The summed E-state index contributed by atoms with van der Waals surface area (Å²) in [6.45, 7) is 5.14. The fourth-order valence-corrected chi connectivity index (χ4v) is 6.31. The number of nitro benzene ring substituents is 1. The number of carbonyl (C=O) groups is 1. The summed E-state index contributed by atoms with van der Waals surface area (Å²) >= 11 is 0. The maximum atomic E-state index is 13.7. The molecule has 1 N–H and O–H groups in total. The number of sulfonamides is 1. The van der Waals surface area contributed by atoms with E-state index in [-0.39, 0.29) is 47.1 Å². The van der Waals surface area contributed by atoms with E-state index >= 15 is 0 Å². The standard InChI is InChI=1S/C30H37N3O7S/c1-21(2)19-32(41(38,39)25-16-14-24(40-5)15-17-25)20-29(34)28(18-23-10-7-6-8-11-23)31(4)30(35)26-12-9-13-27(22(26)3)33(36)37/h6-17,21,28-29,34H,18-20H2,1-5H3/t28-,29+/m0/s1. The van der Waals surface area contributed by atoms with Gasteiger partial charge >= 0.3 is 0 Å². The summed E-state index contributed by atoms with van der Waals surface area (Å²) < 4.78 is 33.8. The molecule has 11 heteroatoms. The molecule has 0 saturated heterocycles. The van der Waals surface area contributed by atoms with Gasteiger partial charge < -0.3 is 14.7 Å². The minimum absolute atomic E-state index is 0.0466. The first-order chi connectivity index (χ1) is 19.4. The Morgan fingerprint density at radius 3 is 2.20 bits per heavy atom. The van der Waals surface area contributed by atoms with Crippen LogP contribution in [0.15, 0.2) is 77.7 Å². The number of benzene rings is 3. The molecule has 0 unspecified atom stereocenters. The molecular weight excluding hydrogens is 546 g/mol. The quantitative estimate of drug-likeness (QED) is 0.234. The van der Waals surface area contributed by atoms with Crippen LogP contribution < -0.4 is 4.74 Å². The van der Waals surface area contributed by atoms with E-state index in [2.05, 4.69) is 0 Å². The Kier molecular flexibility index (Phi) is 10.6. The normalized spacial score (nSPS) is 13.2. The van der Waals surface area contributed by atoms with Gasteiger partial charge in [-0.15, -0.1) is 0 Å². The third-order valence-corrected chi connectivity index (χ3v) is 8.78. The van der Waals surface area contributed by atoms with Crippen molar-refractivity contribution in [1.82, 2.24) is 9.21 Å². The number of aliphatic hydroxyl groups is 1. The summed E-state index contributed by atoms with van der Waals surface area (Å²) in [4.78, 5) is 26.0. The number of likely N-dealkylation sites (N-methyl/N-ethyl adjacent to an activating group) is 1. The molecule has 0 saturated carbocycles. The fraction of sp³-hybridized carbons (Fsp3) is 0.367. The average molecular weight is 584 g/mol. The SMILES string of the molecule is COc1ccc(S(=O)(=O)N(CC(C)C)C[C@@H](O)[C@H](Cc2ccccc2)N(C)C(=O)c2cccc([N+](=O)[O-])c2C)cc1. The molecule has 0 bridgehead atoms. The monoisotopic (exact) mass is 583 g/mol. The molecule has 0 aromatic heterocycles. The Hall–Kier alpha value is -3.80. The van der Waals surface area contributed by atoms with E-state index in [1.165, 1.54) is 60.6 Å². The van der Waals surface area contributed by atoms with Crippen LogP contribution in [-0.2, 0) is 16.4 Å². The van der Waals surface area contributed by atoms with Crippen molar-refractivity contribution in [2.45, 2.75) is 44.2 Å². The van der Waals surface area contributed by atoms with Crippen molar-refractivity contribution in [3.63, 3.8) is 0 Å². The van der Waals surface area contributed by atoms with Gasteiger partial charge in [-0.25, -0.2) is 8.42 Å². The Balaban J connectivity index is 1.99. The van der Waals surface area contributed by atoms with E-state index in [1.54, 1.807) is 12.1 Å². The Morgan fingerprint density at radius 1 is 1.00 bits per heavy atom. The number of nitrogens with zero attached hydrogens (tertiary/aromatic N) is 3. The fourth-order valence-electron chi connectivity index (χ4n) is 4.69. The highest BCUT2D eigenvalue weighted by molar-refractivity contribution is 7.89. The van der Waals surface area contributed by atoms with Crippen molar-refractivity contribution in [2.24, 2.45) is 5.92 Å². The van der Waals surface area contributed by atoms with Crippen molar-refractivity contribution in [3.8, 4) is 5.75 Å². The molecule has 10 nitrogen and oxygen atoms in total. The topological polar surface area (TPSA) is 130 Å². The highest BCUT2D eigenvalue weighted by Gasteiger charge is 2.34. The first-order valence-electron chi connectivity index (χ1n) is 13.2. The van der Waals surface area contributed by atoms with E-state index in [0.717, 1.165) is 5.56 Å². The van der Waals surface area contributed by atoms with Gasteiger partial charge in [0.15, 0.2) is 0 Å². The molecule has 0 aliphatic rings. The van der Waals surface area contributed by atoms with Crippen LogP contribution >= 0.6 is 0 Å². The molecule has 2 atom stereocenters. The zero-order chi connectivity index (χ0) is 30.3. The summed E-state index contributed by atoms with van der Waals surface area (Å²) in [6.07, 6.45) is -1.05. The zero-order valence-electron chi connectivity index (χ0n) is 23.9. The molecule has 0 aliphatic heterocycles. The molecule has 0 radical (unpaired) electrons. The highest BCUT2D eigenvalue weighted by atomic mass is 32.2. The maximum Gasteiger partial charge on any atom is 0.273 e. The van der Waals surface area contributed by atoms with Gasteiger partial charge in [-0.05, 0) is 55.2 Å². The van der Waals surface area contributed by atoms with Gasteiger partial charge in [0.2, 0.25) is 10.0 Å². The van der Waals surface area contributed by atoms with Crippen molar-refractivity contribution in [2.75, 3.05) is 27.2 Å². The lowest BCUT2D eigenvalue weighted by Gasteiger charge is -2.35. The molecular formula is C30H37N3O7S. The molecule has 0 aliphatic carbocycles. The van der Waals surface area contributed by atoms with Gasteiger partial charge in [-0.2, -0.15) is 4.31 Å². The van der Waals surface area contributed by atoms with Crippen molar-refractivity contribution < 1.29 is 28.0 Å². The van der Waals surface area contributed by atoms with Gasteiger partial charge in [0.25, 0.3) is 11.6 Å². The molecule has 0 fully saturated rings. The number of ether oxygens (including phenoxy) is 1. The molecule has 220 valence electrons. The highest BCUT2D eigenvalue weighted by Crippen LogP contribution is 2.25. The first-order valence-corrected chi connectivity index (χ1v) is 14.7. The second-order valence-corrected chi connectivity index (χ2v) is 12.3. The van der Waals surface area contributed by atoms with E-state index in [4.69, 9.17) is 4.74 Å². The van der Waals surface area contributed by atoms with Crippen LogP contribution in [0.1, 0.15) is 35.3 Å². The van der Waals surface area contributed by atoms with Crippen LogP contribution in [-0.4, -0.2) is 73.0 Å². The van der Waals surface area contributed by atoms with Gasteiger partial charge in [0.05, 0.1) is 29.1 Å². The number of hydrogen-bond donors (Lipinski definition) is 1. The lowest BCUT2D eigenvalue weighted by molar-refractivity contribution is -0.385. The molecule has 0 heterocycles. The van der Waals surface area contributed by atoms with Crippen molar-refractivity contribution in [1.29, 1.82) is 0 Å². The first kappa shape index (κ1) is 31.7. The zero-order valence-corrected chi connectivity index (χ0v) is 24.7. The van der Waals surface area contributed by atoms with Crippen molar-refractivity contribution in [3.05, 3.63) is 99.6 Å². The number of rotatable bonds is 13. The van der Waals surface area contributed by atoms with E-state index in [0.29, 0.717) is 5.75 Å². The van der Waals surface area contributed by atoms with Crippen LogP contribution in [0.3, 0.4) is 0 Å². The Morgan fingerprint density at radius 2 is 1.63 bits per heavy atom. The largest absolute Gasteiger partial charge is 0.497 e. The van der Waals surface area contributed by atoms with Gasteiger partial charge in [0, 0.05) is 37.3 Å². The Labute approximate surface area is 241 Å². The number of carbonyl (C=O) groups excluding carboxylic acids is 1. The van der Waals surface area contributed by atoms with Crippen LogP contribution in [0, 0.1) is 23.0 Å². The summed E-state index contributed by atoms with van der Waals surface area (Å²) in [7, 11) is -0.996. The number of methoxy groups -OCH3 is 1. The molecule has 3 aromatic rings. The number of aliphatic hydroxyl groups excluding tert-OH is 1. The van der Waals surface area contributed by atoms with Gasteiger partial charge in [-0.3, -0.25) is 14.9 Å². The third-order valence-electron chi connectivity index (χ3n) is 6.94. The lowest BCUT2D eigenvalue weighted by Crippen LogP contribution is -2.51. The summed E-state index contributed by atoms with van der Waals surface area (Å²) in [5.74, 6) is -0.0480. The Bertz CT molecular complexity index is 1440. The van der Waals surface area contributed by atoms with Crippen LogP contribution in [0.5, 0.6) is 5.75 Å². The van der Waals surface area contributed by atoms with Crippen LogP contribution in [0.4, 0.5) is 5.69 Å². The minimum atomic E-state index is -4.00. The molecule has 3 aromatic carbocycles. The molecule has 41 heavy (non-hydrogen) atoms. The second-order valence-electron chi connectivity index (χ2n) is 10.3. The predicted octanol–water partition coefficient (Wildman–Crippen LogP) is 4.30. The van der Waals surface area contributed by atoms with Gasteiger partial charge in [-0.1, -0.05) is 50.2 Å². The molecule has 3 rings (SSSR count). The smallest absolute Gasteiger partial charge is 0.273 e. The number of nitro groups is 1. The summed E-state index contributed by atoms with van der Waals surface area (Å²) in [5, 5.41) is 23.1. The molecule has 1 amide bonds. The maximum absolute atomic E-state index is 13.7. The predicted molar refractivity (Wildman–Crippen MR) is 156 cm³/mol.